The van der Waals surface area contributed by atoms with Crippen LogP contribution in [-0.2, 0) is 5.41 Å². The van der Waals surface area contributed by atoms with E-state index in [0.29, 0.717) is 5.56 Å². The van der Waals surface area contributed by atoms with E-state index >= 15 is 0 Å². The van der Waals surface area contributed by atoms with Crippen LogP contribution in [0.5, 0.6) is 11.5 Å². The molecule has 1 aliphatic heterocycles. The van der Waals surface area contributed by atoms with E-state index in [4.69, 9.17) is 14.7 Å². The Morgan fingerprint density at radius 1 is 0.403 bits per heavy atom. The van der Waals surface area contributed by atoms with Crippen LogP contribution in [0, 0.1) is 11.3 Å². The Hall–Kier alpha value is -9.32. The summed E-state index contributed by atoms with van der Waals surface area (Å²) in [5, 5.41) is 16.7. The first-order chi connectivity index (χ1) is 33.2. The van der Waals surface area contributed by atoms with Crippen LogP contribution < -0.4 is 4.74 Å². The standard InChI is InChI=1S/C59H33N7O/c60-32-35-19-23-52-43(28-35)40-11-2-7-17-51(40)66(52)38-30-48-58(63-33-38)57-47(14-9-26-62-57)59(48)45-13-4-8-18-55(45)67-56-31-37(20-22-46(56)59)64-50-16-6-3-12-41(50)44-29-36(21-24-53(44)64)65-49-15-5-1-10-39(49)42-25-27-61-34-54(42)65/h1-31,33-34H. The van der Waals surface area contributed by atoms with Crippen molar-refractivity contribution in [1.82, 2.24) is 28.7 Å². The summed E-state index contributed by atoms with van der Waals surface area (Å²) in [5.74, 6) is 1.55. The second-order valence-electron chi connectivity index (χ2n) is 17.5. The maximum atomic E-state index is 9.86. The number of hydrogen-bond acceptors (Lipinski definition) is 5. The molecule has 0 radical (unpaired) electrons. The van der Waals surface area contributed by atoms with E-state index < -0.39 is 5.41 Å². The molecule has 1 spiro atoms. The number of fused-ring (bicyclic) bond motifs is 18. The van der Waals surface area contributed by atoms with E-state index in [-0.39, 0.29) is 0 Å². The molecule has 1 unspecified atom stereocenters. The highest BCUT2D eigenvalue weighted by molar-refractivity contribution is 6.13. The molecule has 310 valence electrons. The minimum atomic E-state index is -0.801. The van der Waals surface area contributed by atoms with Crippen molar-refractivity contribution in [2.24, 2.45) is 0 Å². The summed E-state index contributed by atoms with van der Waals surface area (Å²) in [6, 6.07) is 64.4. The number of ether oxygens (including phenoxy) is 1. The SMILES string of the molecule is N#Cc1ccc2c(c1)c1ccccc1n2-c1cnc2c(c1)C1(c3ccccc3Oc3cc(-n4c5ccccc5c5cc(-n6c7ccccc7c7ccncc76)ccc54)ccc31)c1cccnc1-2. The Morgan fingerprint density at radius 3 is 1.78 bits per heavy atom. The van der Waals surface area contributed by atoms with Crippen molar-refractivity contribution in [3.8, 4) is 46.0 Å². The molecule has 7 aromatic carbocycles. The maximum absolute atomic E-state index is 9.86. The van der Waals surface area contributed by atoms with Gasteiger partial charge in [0, 0.05) is 78.8 Å². The molecular formula is C59H33N7O. The summed E-state index contributed by atoms with van der Waals surface area (Å²) in [6.07, 6.45) is 7.65. The lowest BCUT2D eigenvalue weighted by Crippen LogP contribution is -2.32. The topological polar surface area (TPSA) is 86.5 Å². The van der Waals surface area contributed by atoms with Gasteiger partial charge in [-0.1, -0.05) is 84.9 Å². The third-order valence-corrected chi connectivity index (χ3v) is 14.3. The van der Waals surface area contributed by atoms with Gasteiger partial charge in [-0.05, 0) is 90.5 Å². The molecule has 6 aromatic heterocycles. The van der Waals surface area contributed by atoms with Crippen LogP contribution in [0.3, 0.4) is 0 Å². The first-order valence-electron chi connectivity index (χ1n) is 22.4. The number of aromatic nitrogens is 6. The molecule has 0 saturated carbocycles. The second kappa shape index (κ2) is 13.1. The van der Waals surface area contributed by atoms with Gasteiger partial charge < -0.3 is 18.4 Å². The minimum absolute atomic E-state index is 0.626. The largest absolute Gasteiger partial charge is 0.457 e. The maximum Gasteiger partial charge on any atom is 0.134 e. The van der Waals surface area contributed by atoms with Crippen molar-refractivity contribution in [2.75, 3.05) is 0 Å². The molecule has 0 fully saturated rings. The first kappa shape index (κ1) is 36.1. The Morgan fingerprint density at radius 2 is 0.985 bits per heavy atom. The second-order valence-corrected chi connectivity index (χ2v) is 17.5. The normalized spacial score (nSPS) is 14.7. The third-order valence-electron chi connectivity index (χ3n) is 14.3. The summed E-state index contributed by atoms with van der Waals surface area (Å²) in [6.45, 7) is 0. The van der Waals surface area contributed by atoms with Gasteiger partial charge in [0.25, 0.3) is 0 Å². The number of rotatable bonds is 3. The lowest BCUT2D eigenvalue weighted by Gasteiger charge is -2.39. The molecule has 1 atom stereocenters. The Kier molecular flexibility index (Phi) is 7.07. The molecule has 1 aliphatic carbocycles. The summed E-state index contributed by atoms with van der Waals surface area (Å²) in [4.78, 5) is 14.9. The molecule has 15 rings (SSSR count). The molecule has 0 amide bonds. The summed E-state index contributed by atoms with van der Waals surface area (Å²) in [5.41, 5.74) is 15.1. The van der Waals surface area contributed by atoms with Gasteiger partial charge in [-0.25, -0.2) is 0 Å². The zero-order valence-electron chi connectivity index (χ0n) is 35.6. The highest BCUT2D eigenvalue weighted by Gasteiger charge is 2.52. The highest BCUT2D eigenvalue weighted by atomic mass is 16.5. The fourth-order valence-electron chi connectivity index (χ4n) is 11.6. The summed E-state index contributed by atoms with van der Waals surface area (Å²) < 4.78 is 14.0. The molecular weight excluding hydrogens is 823 g/mol. The van der Waals surface area contributed by atoms with Crippen LogP contribution in [-0.4, -0.2) is 28.7 Å². The van der Waals surface area contributed by atoms with Gasteiger partial charge in [-0.2, -0.15) is 5.26 Å². The van der Waals surface area contributed by atoms with Gasteiger partial charge in [0.15, 0.2) is 0 Å². The summed E-state index contributed by atoms with van der Waals surface area (Å²) >= 11 is 0. The number of nitriles is 1. The Balaban J connectivity index is 0.958. The molecule has 7 heterocycles. The van der Waals surface area contributed by atoms with Crippen molar-refractivity contribution < 1.29 is 4.74 Å². The van der Waals surface area contributed by atoms with Crippen LogP contribution in [0.4, 0.5) is 0 Å². The van der Waals surface area contributed by atoms with E-state index in [1.165, 1.54) is 10.8 Å². The summed E-state index contributed by atoms with van der Waals surface area (Å²) in [7, 11) is 0. The number of nitrogens with zero attached hydrogens (tertiary/aromatic N) is 7. The van der Waals surface area contributed by atoms with Crippen LogP contribution in [0.25, 0.3) is 93.9 Å². The van der Waals surface area contributed by atoms with Gasteiger partial charge >= 0.3 is 0 Å². The number of hydrogen-bond donors (Lipinski definition) is 0. The molecule has 0 saturated heterocycles. The van der Waals surface area contributed by atoms with Crippen molar-refractivity contribution >= 4 is 65.4 Å². The van der Waals surface area contributed by atoms with Crippen LogP contribution in [0.1, 0.15) is 27.8 Å². The van der Waals surface area contributed by atoms with E-state index in [1.807, 2.05) is 55.1 Å². The fraction of sp³-hybridized carbons (Fsp3) is 0.0169. The molecule has 8 heteroatoms. The van der Waals surface area contributed by atoms with Gasteiger partial charge in [-0.15, -0.1) is 0 Å². The van der Waals surface area contributed by atoms with Crippen molar-refractivity contribution in [2.45, 2.75) is 5.41 Å². The Bertz CT molecular complexity index is 4300. The van der Waals surface area contributed by atoms with Crippen LogP contribution in [0.2, 0.25) is 0 Å². The predicted molar refractivity (Wildman–Crippen MR) is 265 cm³/mol. The van der Waals surface area contributed by atoms with Crippen molar-refractivity contribution in [1.29, 1.82) is 5.26 Å². The average molecular weight is 856 g/mol. The quantitative estimate of drug-likeness (QED) is 0.177. The lowest BCUT2D eigenvalue weighted by atomic mass is 9.66. The fourth-order valence-corrected chi connectivity index (χ4v) is 11.6. The average Bonchev–Trinajstić information content (AvgIpc) is 4.10. The van der Waals surface area contributed by atoms with Crippen molar-refractivity contribution in [3.63, 3.8) is 0 Å². The zero-order valence-corrected chi connectivity index (χ0v) is 35.6. The Labute approximate surface area is 382 Å². The third kappa shape index (κ3) is 4.66. The number of para-hydroxylation sites is 4. The van der Waals surface area contributed by atoms with Gasteiger partial charge in [0.2, 0.25) is 0 Å². The smallest absolute Gasteiger partial charge is 0.134 e. The lowest BCUT2D eigenvalue weighted by molar-refractivity contribution is 0.436. The first-order valence-corrected chi connectivity index (χ1v) is 22.4. The predicted octanol–water partition coefficient (Wildman–Crippen LogP) is 13.5. The highest BCUT2D eigenvalue weighted by Crippen LogP contribution is 2.62. The van der Waals surface area contributed by atoms with Gasteiger partial charge in [0.1, 0.15) is 11.5 Å². The monoisotopic (exact) mass is 855 g/mol. The van der Waals surface area contributed by atoms with Crippen LogP contribution in [0.15, 0.2) is 201 Å². The van der Waals surface area contributed by atoms with E-state index in [0.717, 1.165) is 117 Å². The minimum Gasteiger partial charge on any atom is -0.457 e. The van der Waals surface area contributed by atoms with Gasteiger partial charge in [-0.3, -0.25) is 15.0 Å². The molecule has 0 N–H and O–H groups in total. The number of benzene rings is 7. The van der Waals surface area contributed by atoms with E-state index in [9.17, 15) is 5.26 Å². The van der Waals surface area contributed by atoms with E-state index in [1.54, 1.807) is 0 Å². The van der Waals surface area contributed by atoms with Crippen molar-refractivity contribution in [3.05, 3.63) is 229 Å². The van der Waals surface area contributed by atoms with Gasteiger partial charge in [0.05, 0.1) is 79.6 Å². The van der Waals surface area contributed by atoms with E-state index in [2.05, 4.69) is 170 Å². The molecule has 0 bridgehead atoms. The molecule has 13 aromatic rings. The molecule has 2 aliphatic rings. The molecule has 67 heavy (non-hydrogen) atoms. The number of pyridine rings is 3. The zero-order chi connectivity index (χ0) is 44.0. The molecule has 8 nitrogen and oxygen atoms in total. The van der Waals surface area contributed by atoms with Crippen LogP contribution >= 0.6 is 0 Å².